The van der Waals surface area contributed by atoms with E-state index in [9.17, 15) is 0 Å². The highest BCUT2D eigenvalue weighted by Gasteiger charge is 2.12. The van der Waals surface area contributed by atoms with Crippen LogP contribution >= 0.6 is 0 Å². The zero-order valence-corrected chi connectivity index (χ0v) is 5.87. The fourth-order valence-corrected chi connectivity index (χ4v) is 0.570. The minimum absolute atomic E-state index is 0.160. The minimum atomic E-state index is 0.160. The second-order valence-electron chi connectivity index (χ2n) is 2.02. The first-order valence-corrected chi connectivity index (χ1v) is 2.84. The Bertz CT molecular complexity index is 144. The molecule has 0 N–H and O–H groups in total. The molecule has 0 saturated carbocycles. The van der Waals surface area contributed by atoms with Gasteiger partial charge in [0.1, 0.15) is 12.2 Å². The molecule has 9 heavy (non-hydrogen) atoms. The predicted octanol–water partition coefficient (Wildman–Crippen LogP) is 0.214. The molecule has 0 aliphatic carbocycles. The number of hydrogen-bond donors (Lipinski definition) is 0. The third kappa shape index (κ3) is 1.09. The number of hydrogen-bond acceptors (Lipinski definition) is 4. The van der Waals surface area contributed by atoms with E-state index in [-0.39, 0.29) is 6.17 Å². The number of hydrazone groups is 1. The van der Waals surface area contributed by atoms with Gasteiger partial charge >= 0.3 is 0 Å². The van der Waals surface area contributed by atoms with E-state index in [4.69, 9.17) is 0 Å². The highest BCUT2D eigenvalue weighted by Crippen LogP contribution is 2.02. The van der Waals surface area contributed by atoms with Crippen molar-refractivity contribution in [1.82, 2.24) is 10.1 Å². The summed E-state index contributed by atoms with van der Waals surface area (Å²) in [5, 5.41) is 7.42. The van der Waals surface area contributed by atoms with Crippen LogP contribution in [-0.4, -0.2) is 36.4 Å². The molecule has 0 radical (unpaired) electrons. The van der Waals surface area contributed by atoms with Crippen molar-refractivity contribution in [3.63, 3.8) is 0 Å². The molecule has 0 amide bonds. The van der Waals surface area contributed by atoms with Crippen molar-refractivity contribution in [2.24, 2.45) is 10.1 Å². The zero-order chi connectivity index (χ0) is 6.85. The molecule has 1 unspecified atom stereocenters. The summed E-state index contributed by atoms with van der Waals surface area (Å²) in [6, 6.07) is 2.55. The van der Waals surface area contributed by atoms with Gasteiger partial charge in [0.05, 0.1) is 0 Å². The van der Waals surface area contributed by atoms with E-state index in [1.165, 1.54) is 0 Å². The van der Waals surface area contributed by atoms with Crippen LogP contribution in [0.4, 0.5) is 0 Å². The normalized spacial score (nSPS) is 27.4. The Morgan fingerprint density at radius 3 is 2.56 bits per heavy atom. The van der Waals surface area contributed by atoms with Crippen molar-refractivity contribution in [2.45, 2.75) is 13.1 Å². The summed E-state index contributed by atoms with van der Waals surface area (Å²) in [7, 11) is 3.79. The number of nitrogens with zero attached hydrogens (tertiary/aromatic N) is 4. The van der Waals surface area contributed by atoms with Gasteiger partial charge in [-0.3, -0.25) is 0 Å². The quantitative estimate of drug-likeness (QED) is 0.464. The maximum atomic E-state index is 3.93. The molecule has 0 spiro atoms. The monoisotopic (exact) mass is 126 g/mol. The third-order valence-corrected chi connectivity index (χ3v) is 1.43. The summed E-state index contributed by atoms with van der Waals surface area (Å²) in [6.07, 6.45) is 0.160. The Kier molecular flexibility index (Phi) is 1.51. The van der Waals surface area contributed by atoms with Gasteiger partial charge in [-0.25, -0.2) is 10.1 Å². The van der Waals surface area contributed by atoms with Crippen LogP contribution in [0, 0.1) is 0 Å². The fraction of sp³-hybridized carbons (Fsp3) is 0.800. The lowest BCUT2D eigenvalue weighted by molar-refractivity contribution is -0.00816. The van der Waals surface area contributed by atoms with Gasteiger partial charge in [-0.2, -0.15) is 5.01 Å². The molecule has 0 aromatic heterocycles. The minimum Gasteiger partial charge on any atom is -0.219 e. The summed E-state index contributed by atoms with van der Waals surface area (Å²) in [5.74, 6) is 0. The Labute approximate surface area is 54.4 Å². The molecule has 0 aromatic carbocycles. The Balaban J connectivity index is 2.73. The van der Waals surface area contributed by atoms with Gasteiger partial charge < -0.3 is 0 Å². The van der Waals surface area contributed by atoms with Crippen molar-refractivity contribution in [1.29, 1.82) is 0 Å². The Morgan fingerprint density at radius 1 is 1.44 bits per heavy atom. The first-order valence-electron chi connectivity index (χ1n) is 2.84. The maximum Gasteiger partial charge on any atom is 0.128 e. The van der Waals surface area contributed by atoms with E-state index >= 15 is 0 Å². The lowest BCUT2D eigenvalue weighted by Crippen LogP contribution is -2.40. The van der Waals surface area contributed by atoms with Crippen LogP contribution in [0.15, 0.2) is 10.1 Å². The van der Waals surface area contributed by atoms with E-state index in [1.54, 1.807) is 5.12 Å². The van der Waals surface area contributed by atoms with Gasteiger partial charge in [0, 0.05) is 14.1 Å². The Hall–Kier alpha value is -0.860. The number of aliphatic imine (C=N–C) groups is 1. The van der Waals surface area contributed by atoms with E-state index < -0.39 is 0 Å². The third-order valence-electron chi connectivity index (χ3n) is 1.43. The molecule has 0 bridgehead atoms. The molecule has 4 nitrogen and oxygen atoms in total. The van der Waals surface area contributed by atoms with E-state index in [0.717, 1.165) is 0 Å². The summed E-state index contributed by atoms with van der Waals surface area (Å²) in [6.45, 7) is 1.98. The molecule has 50 valence electrons. The highest BCUT2D eigenvalue weighted by molar-refractivity contribution is 5.41. The molecule has 1 atom stereocenters. The van der Waals surface area contributed by atoms with Crippen LogP contribution in [0.25, 0.3) is 0 Å². The summed E-state index contributed by atoms with van der Waals surface area (Å²) in [4.78, 5) is 3.93. The van der Waals surface area contributed by atoms with E-state index in [2.05, 4.69) is 16.1 Å². The van der Waals surface area contributed by atoms with Crippen molar-refractivity contribution in [3.05, 3.63) is 0 Å². The number of hydrazine groups is 1. The van der Waals surface area contributed by atoms with Gasteiger partial charge in [0.15, 0.2) is 0 Å². The smallest absolute Gasteiger partial charge is 0.128 e. The van der Waals surface area contributed by atoms with Gasteiger partial charge in [0.2, 0.25) is 0 Å². The first kappa shape index (κ1) is 6.26. The van der Waals surface area contributed by atoms with Gasteiger partial charge in [0.25, 0.3) is 0 Å². The molecule has 0 fully saturated rings. The molecule has 1 aliphatic rings. The molecule has 0 saturated heterocycles. The zero-order valence-electron chi connectivity index (χ0n) is 5.87. The lowest BCUT2D eigenvalue weighted by Gasteiger charge is -2.28. The maximum absolute atomic E-state index is 3.93. The fourth-order valence-electron chi connectivity index (χ4n) is 0.570. The number of rotatable bonds is 0. The molecule has 1 aliphatic heterocycles. The SMILES string of the molecule is CC1N=C=NN(C)N1C. The average molecular weight is 126 g/mol. The standard InChI is InChI=1S/C5H10N4/c1-5-6-4-7-9(3)8(5)2/h5H,1-3H3. The predicted molar refractivity (Wildman–Crippen MR) is 34.9 cm³/mol. The highest BCUT2D eigenvalue weighted by atomic mass is 15.8. The van der Waals surface area contributed by atoms with Gasteiger partial charge in [-0.15, -0.1) is 0 Å². The molecule has 1 rings (SSSR count). The van der Waals surface area contributed by atoms with Crippen LogP contribution in [0.2, 0.25) is 0 Å². The summed E-state index contributed by atoms with van der Waals surface area (Å²) < 4.78 is 0. The molecule has 0 aromatic rings. The average Bonchev–Trinajstić information content (AvgIpc) is 1.83. The van der Waals surface area contributed by atoms with Crippen LogP contribution in [0.5, 0.6) is 0 Å². The second-order valence-corrected chi connectivity index (χ2v) is 2.02. The van der Waals surface area contributed by atoms with E-state index in [0.29, 0.717) is 0 Å². The summed E-state index contributed by atoms with van der Waals surface area (Å²) in [5.41, 5.74) is 0. The lowest BCUT2D eigenvalue weighted by atomic mass is 10.6. The molecule has 1 heterocycles. The van der Waals surface area contributed by atoms with Crippen LogP contribution in [-0.2, 0) is 0 Å². The molecule has 4 heteroatoms. The van der Waals surface area contributed by atoms with Crippen molar-refractivity contribution in [3.8, 4) is 0 Å². The van der Waals surface area contributed by atoms with Crippen molar-refractivity contribution >= 4 is 6.01 Å². The van der Waals surface area contributed by atoms with Gasteiger partial charge in [-0.1, -0.05) is 5.10 Å². The van der Waals surface area contributed by atoms with E-state index in [1.807, 2.05) is 26.0 Å². The topological polar surface area (TPSA) is 31.2 Å². The second kappa shape index (κ2) is 2.17. The van der Waals surface area contributed by atoms with Crippen LogP contribution in [0.1, 0.15) is 6.92 Å². The van der Waals surface area contributed by atoms with Crippen LogP contribution < -0.4 is 0 Å². The summed E-state index contributed by atoms with van der Waals surface area (Å²) >= 11 is 0. The largest absolute Gasteiger partial charge is 0.219 e. The van der Waals surface area contributed by atoms with Crippen molar-refractivity contribution < 1.29 is 0 Å². The molecular weight excluding hydrogens is 116 g/mol. The molecular formula is C5H10N4. The van der Waals surface area contributed by atoms with Crippen molar-refractivity contribution in [2.75, 3.05) is 14.1 Å². The Morgan fingerprint density at radius 2 is 2.11 bits per heavy atom. The van der Waals surface area contributed by atoms with Gasteiger partial charge in [-0.05, 0) is 6.92 Å². The first-order chi connectivity index (χ1) is 4.22. The van der Waals surface area contributed by atoms with Crippen LogP contribution in [0.3, 0.4) is 0 Å².